The van der Waals surface area contributed by atoms with Gasteiger partial charge in [0.15, 0.2) is 0 Å². The smallest absolute Gasteiger partial charge is 0.102 e. The van der Waals surface area contributed by atoms with Crippen molar-refractivity contribution in [2.45, 2.75) is 25.7 Å². The fraction of sp³-hybridized carbons (Fsp3) is 0.947. The Balaban J connectivity index is 0.000000533. The Morgan fingerprint density at radius 2 is 1.26 bits per heavy atom. The molecule has 1 aliphatic heterocycles. The highest BCUT2D eigenvalue weighted by atomic mass is 16.6. The van der Waals surface area contributed by atoms with Crippen molar-refractivity contribution < 1.29 is 38.1 Å². The SMILES string of the molecule is COCCOCCOCCOCCC(=O)[O-].COCC[N+]1(C)CCCCC1. The number of rotatable bonds is 15. The lowest BCUT2D eigenvalue weighted by Crippen LogP contribution is -2.49. The number of likely N-dealkylation sites (tertiary alicyclic amines) is 1. The summed E-state index contributed by atoms with van der Waals surface area (Å²) in [5.41, 5.74) is 0. The average molecular weight is 394 g/mol. The Hall–Kier alpha value is -0.770. The summed E-state index contributed by atoms with van der Waals surface area (Å²) in [5, 5.41) is 10.0. The summed E-state index contributed by atoms with van der Waals surface area (Å²) in [6, 6.07) is 0. The topological polar surface area (TPSA) is 86.3 Å². The number of piperidine rings is 1. The molecule has 162 valence electrons. The zero-order valence-electron chi connectivity index (χ0n) is 17.4. The van der Waals surface area contributed by atoms with E-state index in [4.69, 9.17) is 23.7 Å². The molecular weight excluding hydrogens is 354 g/mol. The van der Waals surface area contributed by atoms with Crippen LogP contribution in [-0.2, 0) is 28.5 Å². The summed E-state index contributed by atoms with van der Waals surface area (Å²) in [6.07, 6.45) is 4.15. The number of quaternary nitrogens is 1. The number of carbonyl (C=O) groups excluding carboxylic acids is 1. The monoisotopic (exact) mass is 393 g/mol. The predicted octanol–water partition coefficient (Wildman–Crippen LogP) is 0.0859. The molecule has 1 rings (SSSR count). The van der Waals surface area contributed by atoms with Crippen molar-refractivity contribution in [1.29, 1.82) is 0 Å². The Bertz CT molecular complexity index is 336. The van der Waals surface area contributed by atoms with Crippen molar-refractivity contribution in [3.8, 4) is 0 Å². The van der Waals surface area contributed by atoms with E-state index in [1.165, 1.54) is 43.4 Å². The van der Waals surface area contributed by atoms with Gasteiger partial charge in [-0.3, -0.25) is 0 Å². The highest BCUT2D eigenvalue weighted by Crippen LogP contribution is 2.15. The second kappa shape index (κ2) is 18.6. The van der Waals surface area contributed by atoms with Crippen LogP contribution in [0, 0.1) is 0 Å². The molecule has 1 aliphatic rings. The maximum Gasteiger partial charge on any atom is 0.102 e. The van der Waals surface area contributed by atoms with Gasteiger partial charge in [0, 0.05) is 26.6 Å². The summed E-state index contributed by atoms with van der Waals surface area (Å²) in [6.45, 7) is 7.92. The molecule has 0 radical (unpaired) electrons. The lowest BCUT2D eigenvalue weighted by atomic mass is 10.1. The molecule has 0 unspecified atom stereocenters. The van der Waals surface area contributed by atoms with Gasteiger partial charge in [-0.25, -0.2) is 0 Å². The first kappa shape index (κ1) is 26.2. The number of nitrogens with zero attached hydrogens (tertiary/aromatic N) is 1. The van der Waals surface area contributed by atoms with E-state index in [2.05, 4.69) is 7.05 Å². The molecule has 0 atom stereocenters. The Morgan fingerprint density at radius 3 is 1.74 bits per heavy atom. The van der Waals surface area contributed by atoms with Crippen LogP contribution in [0.2, 0.25) is 0 Å². The normalized spacial score (nSPS) is 15.8. The van der Waals surface area contributed by atoms with Crippen molar-refractivity contribution in [1.82, 2.24) is 0 Å². The van der Waals surface area contributed by atoms with E-state index in [9.17, 15) is 9.90 Å². The largest absolute Gasteiger partial charge is 0.550 e. The fourth-order valence-electron chi connectivity index (χ4n) is 2.65. The van der Waals surface area contributed by atoms with Crippen LogP contribution in [0.5, 0.6) is 0 Å². The summed E-state index contributed by atoms with van der Waals surface area (Å²) in [4.78, 5) is 10.0. The molecule has 0 aliphatic carbocycles. The zero-order valence-corrected chi connectivity index (χ0v) is 17.4. The first-order valence-electron chi connectivity index (χ1n) is 9.78. The molecule has 27 heavy (non-hydrogen) atoms. The van der Waals surface area contributed by atoms with Crippen molar-refractivity contribution in [2.24, 2.45) is 0 Å². The van der Waals surface area contributed by atoms with Crippen LogP contribution in [-0.4, -0.2) is 104 Å². The van der Waals surface area contributed by atoms with Crippen LogP contribution in [0.4, 0.5) is 0 Å². The van der Waals surface area contributed by atoms with Gasteiger partial charge in [0.25, 0.3) is 0 Å². The van der Waals surface area contributed by atoms with Gasteiger partial charge < -0.3 is 38.1 Å². The van der Waals surface area contributed by atoms with Gasteiger partial charge in [-0.05, 0) is 19.3 Å². The summed E-state index contributed by atoms with van der Waals surface area (Å²) < 4.78 is 26.4. The number of methoxy groups -OCH3 is 2. The molecule has 1 fully saturated rings. The molecule has 8 nitrogen and oxygen atoms in total. The van der Waals surface area contributed by atoms with E-state index in [1.54, 1.807) is 14.2 Å². The quantitative estimate of drug-likeness (QED) is 0.288. The first-order chi connectivity index (χ1) is 13.0. The Labute approximate surface area is 164 Å². The van der Waals surface area contributed by atoms with Crippen LogP contribution in [0.15, 0.2) is 0 Å². The number of hydrogen-bond donors (Lipinski definition) is 0. The third-order valence-corrected chi connectivity index (χ3v) is 4.36. The van der Waals surface area contributed by atoms with E-state index in [-0.39, 0.29) is 13.0 Å². The van der Waals surface area contributed by atoms with E-state index in [1.807, 2.05) is 0 Å². The molecule has 0 aromatic rings. The van der Waals surface area contributed by atoms with E-state index in [0.717, 1.165) is 6.61 Å². The number of likely N-dealkylation sites (N-methyl/N-ethyl adjacent to an activating group) is 1. The third-order valence-electron chi connectivity index (χ3n) is 4.36. The second-order valence-corrected chi connectivity index (χ2v) is 6.80. The molecule has 8 heteroatoms. The number of carboxylic acid groups (broad SMARTS) is 1. The maximum absolute atomic E-state index is 10.0. The van der Waals surface area contributed by atoms with Gasteiger partial charge in [0.1, 0.15) is 6.54 Å². The summed E-state index contributed by atoms with van der Waals surface area (Å²) >= 11 is 0. The van der Waals surface area contributed by atoms with Crippen LogP contribution in [0.1, 0.15) is 25.7 Å². The van der Waals surface area contributed by atoms with Crippen molar-refractivity contribution in [3.05, 3.63) is 0 Å². The van der Waals surface area contributed by atoms with Gasteiger partial charge in [-0.1, -0.05) is 0 Å². The lowest BCUT2D eigenvalue weighted by molar-refractivity contribution is -0.914. The third kappa shape index (κ3) is 18.4. The molecule has 1 heterocycles. The number of hydrogen-bond acceptors (Lipinski definition) is 7. The van der Waals surface area contributed by atoms with Gasteiger partial charge in [-0.2, -0.15) is 0 Å². The molecule has 0 aromatic heterocycles. The maximum atomic E-state index is 10.0. The van der Waals surface area contributed by atoms with Gasteiger partial charge in [0.05, 0.1) is 73.0 Å². The number of carbonyl (C=O) groups is 1. The fourth-order valence-corrected chi connectivity index (χ4v) is 2.65. The van der Waals surface area contributed by atoms with E-state index in [0.29, 0.717) is 39.6 Å². The standard InChI is InChI=1S/C10H20O6.C9H20NO/c1-13-4-5-15-8-9-16-7-6-14-3-2-10(11)12;1-10(8-9-11-2)6-4-3-5-7-10/h2-9H2,1H3,(H,11,12);3-9H2,1-2H3/q;+1/p-1. The molecule has 0 spiro atoms. The number of carboxylic acids is 1. The minimum atomic E-state index is -1.10. The van der Waals surface area contributed by atoms with Gasteiger partial charge in [0.2, 0.25) is 0 Å². The number of ether oxygens (including phenoxy) is 5. The van der Waals surface area contributed by atoms with Crippen molar-refractivity contribution in [3.63, 3.8) is 0 Å². The van der Waals surface area contributed by atoms with Crippen LogP contribution < -0.4 is 5.11 Å². The highest BCUT2D eigenvalue weighted by Gasteiger charge is 2.23. The Morgan fingerprint density at radius 1 is 0.778 bits per heavy atom. The van der Waals surface area contributed by atoms with Crippen LogP contribution in [0.25, 0.3) is 0 Å². The van der Waals surface area contributed by atoms with Gasteiger partial charge in [-0.15, -0.1) is 0 Å². The zero-order chi connectivity index (χ0) is 20.2. The first-order valence-corrected chi connectivity index (χ1v) is 9.78. The summed E-state index contributed by atoms with van der Waals surface area (Å²) in [7, 11) is 5.75. The highest BCUT2D eigenvalue weighted by molar-refractivity contribution is 5.64. The van der Waals surface area contributed by atoms with Crippen molar-refractivity contribution in [2.75, 3.05) is 93.8 Å². The molecule has 0 aromatic carbocycles. The summed E-state index contributed by atoms with van der Waals surface area (Å²) in [5.74, 6) is -1.10. The minimum Gasteiger partial charge on any atom is -0.550 e. The molecule has 0 bridgehead atoms. The second-order valence-electron chi connectivity index (χ2n) is 6.80. The Kier molecular flexibility index (Phi) is 18.1. The lowest BCUT2D eigenvalue weighted by Gasteiger charge is -2.37. The van der Waals surface area contributed by atoms with Gasteiger partial charge >= 0.3 is 0 Å². The average Bonchev–Trinajstić information content (AvgIpc) is 2.65. The van der Waals surface area contributed by atoms with Crippen LogP contribution in [0.3, 0.4) is 0 Å². The molecule has 0 saturated carbocycles. The van der Waals surface area contributed by atoms with E-state index < -0.39 is 5.97 Å². The predicted molar refractivity (Wildman–Crippen MR) is 100 cm³/mol. The molecule has 1 saturated heterocycles. The molecular formula is C19H39NO7. The number of aliphatic carboxylic acids is 1. The minimum absolute atomic E-state index is 0.0832. The van der Waals surface area contributed by atoms with E-state index >= 15 is 0 Å². The van der Waals surface area contributed by atoms with Crippen LogP contribution >= 0.6 is 0 Å². The van der Waals surface area contributed by atoms with Crippen molar-refractivity contribution >= 4 is 5.97 Å². The molecule has 0 amide bonds. The molecule has 0 N–H and O–H groups in total.